The summed E-state index contributed by atoms with van der Waals surface area (Å²) in [4.78, 5) is 56.9. The molecule has 298 valence electrons. The molecule has 4 aliphatic rings. The van der Waals surface area contributed by atoms with E-state index < -0.39 is 53.4 Å². The molecule has 5 atom stereocenters. The van der Waals surface area contributed by atoms with Crippen molar-refractivity contribution in [3.63, 3.8) is 0 Å². The van der Waals surface area contributed by atoms with Crippen molar-refractivity contribution in [1.29, 1.82) is 0 Å². The van der Waals surface area contributed by atoms with E-state index in [0.717, 1.165) is 44.6 Å². The number of carbonyl (C=O) groups excluding carboxylic acids is 4. The molecule has 13 nitrogen and oxygen atoms in total. The Morgan fingerprint density at radius 2 is 1.58 bits per heavy atom. The molecule has 3 amide bonds. The highest BCUT2D eigenvalue weighted by molar-refractivity contribution is 5.72. The highest BCUT2D eigenvalue weighted by Crippen LogP contribution is 2.29. The monoisotopic (exact) mass is 744 g/mol. The summed E-state index contributed by atoms with van der Waals surface area (Å²) in [6.07, 6.45) is 13.9. The lowest BCUT2D eigenvalue weighted by atomic mass is 9.88. The van der Waals surface area contributed by atoms with Crippen molar-refractivity contribution < 1.29 is 43.2 Å². The van der Waals surface area contributed by atoms with Crippen molar-refractivity contribution in [2.45, 2.75) is 135 Å². The second-order valence-electron chi connectivity index (χ2n) is 16.3. The lowest BCUT2D eigenvalue weighted by Gasteiger charge is -2.40. The number of carbonyl (C=O) groups is 4. The van der Waals surface area contributed by atoms with Crippen molar-refractivity contribution in [2.24, 2.45) is 17.1 Å². The summed E-state index contributed by atoms with van der Waals surface area (Å²) in [5, 5.41) is 11.7. The molecule has 0 spiro atoms. The van der Waals surface area contributed by atoms with Gasteiger partial charge in [0, 0.05) is 56.6 Å². The van der Waals surface area contributed by atoms with Crippen molar-refractivity contribution >= 4 is 24.2 Å². The molecular weight excluding hydrogens is 680 g/mol. The fourth-order valence-corrected chi connectivity index (χ4v) is 7.62. The van der Waals surface area contributed by atoms with E-state index in [2.05, 4.69) is 4.90 Å². The van der Waals surface area contributed by atoms with Crippen LogP contribution in [-0.4, -0.2) is 120 Å². The van der Waals surface area contributed by atoms with E-state index >= 15 is 0 Å². The third kappa shape index (κ3) is 13.3. The van der Waals surface area contributed by atoms with Crippen LogP contribution in [0.2, 0.25) is 0 Å². The number of amides is 3. The first-order valence-electron chi connectivity index (χ1n) is 19.7. The number of likely N-dealkylation sites (tertiary alicyclic amines) is 1. The number of cyclic esters (lactones) is 1. The first-order valence-corrected chi connectivity index (χ1v) is 19.7. The SMILES string of the molecule is C/C(=C\C=C\C(C)(C)COC(=O)N1CCCC1)[C@H]1OC(=O)C[C@H](OC(N)=O)CC[C@@](C)(O)[C@@H](OC(=O)N2CCN(C3CCCCCC3)CC2)/C=C/[C@@H]1C. The number of primary amides is 1. The largest absolute Gasteiger partial charge is 0.457 e. The molecule has 1 saturated carbocycles. The smallest absolute Gasteiger partial charge is 0.410 e. The van der Waals surface area contributed by atoms with Crippen molar-refractivity contribution in [3.05, 3.63) is 36.0 Å². The Hall–Kier alpha value is -3.58. The van der Waals surface area contributed by atoms with Gasteiger partial charge in [0.2, 0.25) is 0 Å². The molecule has 3 aliphatic heterocycles. The lowest BCUT2D eigenvalue weighted by Crippen LogP contribution is -2.53. The normalized spacial score (nSPS) is 29.8. The predicted molar refractivity (Wildman–Crippen MR) is 201 cm³/mol. The lowest BCUT2D eigenvalue weighted by molar-refractivity contribution is -0.151. The minimum absolute atomic E-state index is 0.0562. The average Bonchev–Trinajstić information content (AvgIpc) is 3.52. The topological polar surface area (TPSA) is 161 Å². The van der Waals surface area contributed by atoms with E-state index in [-0.39, 0.29) is 32.0 Å². The summed E-state index contributed by atoms with van der Waals surface area (Å²) >= 11 is 0. The van der Waals surface area contributed by atoms with Crippen LogP contribution in [0.4, 0.5) is 14.4 Å². The van der Waals surface area contributed by atoms with Gasteiger partial charge in [0.1, 0.15) is 24.4 Å². The van der Waals surface area contributed by atoms with Gasteiger partial charge in [-0.2, -0.15) is 0 Å². The molecule has 0 aromatic heterocycles. The highest BCUT2D eigenvalue weighted by Gasteiger charge is 2.38. The maximum Gasteiger partial charge on any atom is 0.410 e. The highest BCUT2D eigenvalue weighted by atomic mass is 16.6. The molecule has 3 fully saturated rings. The molecule has 0 bridgehead atoms. The van der Waals surface area contributed by atoms with E-state index in [4.69, 9.17) is 24.7 Å². The Morgan fingerprint density at radius 3 is 2.23 bits per heavy atom. The molecule has 0 aromatic rings. The average molecular weight is 745 g/mol. The van der Waals surface area contributed by atoms with Gasteiger partial charge in [-0.15, -0.1) is 0 Å². The maximum absolute atomic E-state index is 13.6. The second-order valence-corrected chi connectivity index (χ2v) is 16.3. The minimum Gasteiger partial charge on any atom is -0.457 e. The van der Waals surface area contributed by atoms with E-state index in [9.17, 15) is 24.3 Å². The Balaban J connectivity index is 1.47. The number of hydrogen-bond donors (Lipinski definition) is 2. The van der Waals surface area contributed by atoms with Gasteiger partial charge in [-0.05, 0) is 64.0 Å². The van der Waals surface area contributed by atoms with Crippen LogP contribution in [0.3, 0.4) is 0 Å². The number of esters is 1. The van der Waals surface area contributed by atoms with Crippen LogP contribution in [0.25, 0.3) is 0 Å². The zero-order valence-electron chi connectivity index (χ0n) is 32.6. The standard InChI is InChI=1S/C40H64N4O9/c1-29(13-12-19-39(3,4)28-50-37(47)43-21-10-11-22-43)35-30(2)16-17-33(40(5,49)20-18-32(51-36(41)46)27-34(45)53-35)52-38(48)44-25-23-42(24-26-44)31-14-8-6-7-9-15-31/h12-13,16-17,19,30-33,35,49H,6-11,14-15,18,20-28H2,1-5H3,(H2,41,46)/b17-16+,19-12+,29-13+/t30-,32+,33-,35+,40+/m0/s1. The Bertz CT molecular complexity index is 1320. The van der Waals surface area contributed by atoms with Crippen LogP contribution in [0, 0.1) is 11.3 Å². The van der Waals surface area contributed by atoms with Crippen molar-refractivity contribution in [3.8, 4) is 0 Å². The molecular formula is C40H64N4O9. The zero-order valence-corrected chi connectivity index (χ0v) is 32.6. The molecule has 3 N–H and O–H groups in total. The van der Waals surface area contributed by atoms with Gasteiger partial charge < -0.3 is 39.6 Å². The first kappa shape index (κ1) is 42.2. The second kappa shape index (κ2) is 19.7. The number of aliphatic hydroxyl groups is 1. The number of piperazine rings is 1. The molecule has 53 heavy (non-hydrogen) atoms. The number of allylic oxidation sites excluding steroid dienone is 2. The van der Waals surface area contributed by atoms with Gasteiger partial charge in [0.05, 0.1) is 6.42 Å². The maximum atomic E-state index is 13.6. The summed E-state index contributed by atoms with van der Waals surface area (Å²) in [6.45, 7) is 13.5. The first-order chi connectivity index (χ1) is 25.1. The van der Waals surface area contributed by atoms with Crippen molar-refractivity contribution in [2.75, 3.05) is 45.9 Å². The van der Waals surface area contributed by atoms with Gasteiger partial charge in [-0.1, -0.05) is 70.8 Å². The van der Waals surface area contributed by atoms with E-state index in [1.165, 1.54) is 38.5 Å². The number of nitrogens with two attached hydrogens (primary N) is 1. The number of rotatable bonds is 8. The van der Waals surface area contributed by atoms with Crippen LogP contribution in [-0.2, 0) is 23.7 Å². The molecule has 0 radical (unpaired) electrons. The van der Waals surface area contributed by atoms with Gasteiger partial charge in [0.25, 0.3) is 0 Å². The van der Waals surface area contributed by atoms with Gasteiger partial charge in [-0.3, -0.25) is 9.69 Å². The quantitative estimate of drug-likeness (QED) is 0.0978. The fourth-order valence-electron chi connectivity index (χ4n) is 7.62. The number of nitrogens with zero attached hydrogens (tertiary/aromatic N) is 3. The van der Waals surface area contributed by atoms with Crippen LogP contribution < -0.4 is 5.73 Å². The summed E-state index contributed by atoms with van der Waals surface area (Å²) in [5.74, 6) is -0.980. The summed E-state index contributed by atoms with van der Waals surface area (Å²) < 4.78 is 22.8. The molecule has 0 aromatic carbocycles. The number of ether oxygens (including phenoxy) is 4. The molecule has 2 saturated heterocycles. The van der Waals surface area contributed by atoms with Crippen LogP contribution >= 0.6 is 0 Å². The third-order valence-electron chi connectivity index (χ3n) is 11.0. The van der Waals surface area contributed by atoms with Gasteiger partial charge >= 0.3 is 24.2 Å². The molecule has 3 heterocycles. The van der Waals surface area contributed by atoms with Gasteiger partial charge in [-0.25, -0.2) is 14.4 Å². The molecule has 4 rings (SSSR count). The molecule has 1 aliphatic carbocycles. The Morgan fingerprint density at radius 1 is 0.943 bits per heavy atom. The summed E-state index contributed by atoms with van der Waals surface area (Å²) in [6, 6.07) is 0.563. The van der Waals surface area contributed by atoms with Crippen LogP contribution in [0.5, 0.6) is 0 Å². The predicted octanol–water partition coefficient (Wildman–Crippen LogP) is 6.10. The Kier molecular flexibility index (Phi) is 15.6. The van der Waals surface area contributed by atoms with E-state index in [1.807, 2.05) is 45.9 Å². The molecule has 0 unspecified atom stereocenters. The van der Waals surface area contributed by atoms with Crippen LogP contribution in [0.1, 0.15) is 105 Å². The zero-order chi connectivity index (χ0) is 38.6. The minimum atomic E-state index is -1.55. The van der Waals surface area contributed by atoms with Gasteiger partial charge in [0.15, 0.2) is 6.10 Å². The summed E-state index contributed by atoms with van der Waals surface area (Å²) in [7, 11) is 0. The molecule has 13 heteroatoms. The Labute approximate surface area is 315 Å². The third-order valence-corrected chi connectivity index (χ3v) is 11.0. The fraction of sp³-hybridized carbons (Fsp3) is 0.750. The van der Waals surface area contributed by atoms with E-state index in [0.29, 0.717) is 19.1 Å². The van der Waals surface area contributed by atoms with E-state index in [1.54, 1.807) is 28.9 Å². The van der Waals surface area contributed by atoms with Crippen molar-refractivity contribution in [1.82, 2.24) is 14.7 Å². The van der Waals surface area contributed by atoms with Crippen LogP contribution in [0.15, 0.2) is 36.0 Å². The summed E-state index contributed by atoms with van der Waals surface area (Å²) in [5.41, 5.74) is 4.06. The number of hydrogen-bond acceptors (Lipinski definition) is 10.